The Morgan fingerprint density at radius 2 is 1.94 bits per heavy atom. The van der Waals surface area contributed by atoms with Gasteiger partial charge < -0.3 is 16.0 Å². The lowest BCUT2D eigenvalue weighted by Gasteiger charge is -2.22. The Labute approximate surface area is 194 Å². The van der Waals surface area contributed by atoms with Gasteiger partial charge in [-0.15, -0.1) is 10.2 Å². The fourth-order valence-corrected chi connectivity index (χ4v) is 5.20. The number of hydrogen-bond donors (Lipinski definition) is 3. The molecule has 32 heavy (non-hydrogen) atoms. The Balaban J connectivity index is 1.47. The molecule has 0 spiro atoms. The van der Waals surface area contributed by atoms with Crippen LogP contribution in [-0.2, 0) is 10.5 Å². The number of aromatic amines is 1. The van der Waals surface area contributed by atoms with Crippen molar-refractivity contribution in [3.05, 3.63) is 52.6 Å². The molecule has 168 valence electrons. The van der Waals surface area contributed by atoms with Crippen LogP contribution < -0.4 is 16.6 Å². The first-order valence-corrected chi connectivity index (χ1v) is 12.5. The smallest absolute Gasteiger partial charge is 0.253 e. The number of nitrogens with zero attached hydrogens (tertiary/aromatic N) is 4. The van der Waals surface area contributed by atoms with Crippen LogP contribution in [0.1, 0.15) is 37.9 Å². The number of H-pyrrole nitrogens is 1. The van der Waals surface area contributed by atoms with Gasteiger partial charge in [0.2, 0.25) is 5.91 Å². The molecule has 1 aliphatic carbocycles. The highest BCUT2D eigenvalue weighted by atomic mass is 32.2. The van der Waals surface area contributed by atoms with Crippen LogP contribution >= 0.6 is 23.5 Å². The van der Waals surface area contributed by atoms with Gasteiger partial charge in [-0.05, 0) is 25.0 Å². The van der Waals surface area contributed by atoms with Crippen LogP contribution in [0.15, 0.2) is 51.5 Å². The summed E-state index contributed by atoms with van der Waals surface area (Å²) < 4.78 is 1.93. The number of carbonyl (C=O) groups excluding carboxylic acids is 1. The summed E-state index contributed by atoms with van der Waals surface area (Å²) in [6.45, 7) is 0. The number of nitrogens with two attached hydrogens (primary N) is 1. The highest BCUT2D eigenvalue weighted by Gasteiger charge is 2.19. The van der Waals surface area contributed by atoms with E-state index in [1.165, 1.54) is 48.9 Å². The second-order valence-corrected chi connectivity index (χ2v) is 9.43. The number of anilines is 1. The third-order valence-electron chi connectivity index (χ3n) is 5.10. The molecule has 4 N–H and O–H groups in total. The molecule has 0 unspecified atom stereocenters. The molecule has 0 bridgehead atoms. The maximum Gasteiger partial charge on any atom is 0.253 e. The number of carbonyl (C=O) groups is 1. The SMILES string of the molecule is Nc1cc(=O)[nH]c(SCc2nnc(SCC(=O)NC3CCCCC3)n2-c2ccccc2)n1. The van der Waals surface area contributed by atoms with E-state index >= 15 is 0 Å². The van der Waals surface area contributed by atoms with Gasteiger partial charge in [-0.1, -0.05) is 61.0 Å². The maximum absolute atomic E-state index is 12.5. The van der Waals surface area contributed by atoms with E-state index in [9.17, 15) is 9.59 Å². The molecule has 0 atom stereocenters. The third-order valence-corrected chi connectivity index (χ3v) is 6.89. The summed E-state index contributed by atoms with van der Waals surface area (Å²) in [6.07, 6.45) is 5.71. The van der Waals surface area contributed by atoms with Crippen molar-refractivity contribution >= 4 is 35.2 Å². The highest BCUT2D eigenvalue weighted by molar-refractivity contribution is 7.99. The Morgan fingerprint density at radius 1 is 1.16 bits per heavy atom. The lowest BCUT2D eigenvalue weighted by Crippen LogP contribution is -2.37. The van der Waals surface area contributed by atoms with Crippen molar-refractivity contribution in [3.63, 3.8) is 0 Å². The largest absolute Gasteiger partial charge is 0.383 e. The highest BCUT2D eigenvalue weighted by Crippen LogP contribution is 2.26. The fourth-order valence-electron chi connectivity index (χ4n) is 3.62. The van der Waals surface area contributed by atoms with E-state index < -0.39 is 0 Å². The second-order valence-electron chi connectivity index (χ2n) is 7.52. The molecule has 0 aliphatic heterocycles. The van der Waals surface area contributed by atoms with Crippen molar-refractivity contribution in [1.29, 1.82) is 0 Å². The van der Waals surface area contributed by atoms with Gasteiger partial charge in [0.25, 0.3) is 5.56 Å². The Hall–Kier alpha value is -2.79. The number of hydrogen-bond acceptors (Lipinski definition) is 8. The molecule has 0 saturated heterocycles. The van der Waals surface area contributed by atoms with Gasteiger partial charge in [-0.3, -0.25) is 14.2 Å². The van der Waals surface area contributed by atoms with E-state index in [-0.39, 0.29) is 29.1 Å². The first kappa shape index (κ1) is 22.4. The molecule has 1 aromatic carbocycles. The Morgan fingerprint density at radius 3 is 2.69 bits per heavy atom. The molecule has 1 saturated carbocycles. The number of para-hydroxylation sites is 1. The molecule has 1 amide bonds. The molecule has 11 heteroatoms. The molecule has 2 heterocycles. The van der Waals surface area contributed by atoms with Crippen molar-refractivity contribution in [2.24, 2.45) is 0 Å². The first-order chi connectivity index (χ1) is 15.6. The number of rotatable bonds is 8. The average molecular weight is 472 g/mol. The standard InChI is InChI=1S/C21H25N7O2S2/c22-16-11-18(29)25-20(24-16)31-12-17-26-27-21(28(17)15-9-5-2-6-10-15)32-13-19(30)23-14-7-3-1-4-8-14/h2,5-6,9-11,14H,1,3-4,7-8,12-13H2,(H,23,30)(H3,22,24,25,29). The number of amides is 1. The van der Waals surface area contributed by atoms with Crippen LogP contribution in [0.2, 0.25) is 0 Å². The van der Waals surface area contributed by atoms with E-state index in [1.807, 2.05) is 34.9 Å². The normalized spacial score (nSPS) is 14.4. The van der Waals surface area contributed by atoms with Gasteiger partial charge in [-0.25, -0.2) is 4.98 Å². The Bertz CT molecular complexity index is 1110. The van der Waals surface area contributed by atoms with Crippen molar-refractivity contribution in [3.8, 4) is 5.69 Å². The molecule has 2 aromatic heterocycles. The van der Waals surface area contributed by atoms with Crippen molar-refractivity contribution in [2.75, 3.05) is 11.5 Å². The summed E-state index contributed by atoms with van der Waals surface area (Å²) in [5.74, 6) is 1.56. The lowest BCUT2D eigenvalue weighted by molar-refractivity contribution is -0.119. The minimum Gasteiger partial charge on any atom is -0.383 e. The van der Waals surface area contributed by atoms with Crippen molar-refractivity contribution in [1.82, 2.24) is 30.0 Å². The molecule has 3 aromatic rings. The van der Waals surface area contributed by atoms with Gasteiger partial charge >= 0.3 is 0 Å². The van der Waals surface area contributed by atoms with Crippen LogP contribution in [0.4, 0.5) is 5.82 Å². The number of nitrogens with one attached hydrogen (secondary N) is 2. The maximum atomic E-state index is 12.5. The van der Waals surface area contributed by atoms with E-state index in [1.54, 1.807) is 0 Å². The fraction of sp³-hybridized carbons (Fsp3) is 0.381. The first-order valence-electron chi connectivity index (χ1n) is 10.5. The van der Waals surface area contributed by atoms with Gasteiger partial charge in [-0.2, -0.15) is 0 Å². The predicted molar refractivity (Wildman–Crippen MR) is 126 cm³/mol. The van der Waals surface area contributed by atoms with Crippen LogP contribution in [0.5, 0.6) is 0 Å². The van der Waals surface area contributed by atoms with Crippen LogP contribution in [0, 0.1) is 0 Å². The second kappa shape index (κ2) is 10.7. The third kappa shape index (κ3) is 5.92. The summed E-state index contributed by atoms with van der Waals surface area (Å²) in [6, 6.07) is 11.3. The molecule has 0 radical (unpaired) electrons. The van der Waals surface area contributed by atoms with Gasteiger partial charge in [0.1, 0.15) is 11.6 Å². The number of benzene rings is 1. The van der Waals surface area contributed by atoms with E-state index in [2.05, 4.69) is 25.5 Å². The van der Waals surface area contributed by atoms with E-state index in [0.717, 1.165) is 18.5 Å². The summed E-state index contributed by atoms with van der Waals surface area (Å²) in [7, 11) is 0. The Kier molecular flexibility index (Phi) is 7.48. The average Bonchev–Trinajstić information content (AvgIpc) is 3.20. The molecule has 9 nitrogen and oxygen atoms in total. The molecule has 1 aliphatic rings. The van der Waals surface area contributed by atoms with Gasteiger partial charge in [0.15, 0.2) is 10.3 Å². The minimum absolute atomic E-state index is 0.0157. The lowest BCUT2D eigenvalue weighted by atomic mass is 9.95. The quantitative estimate of drug-likeness (QED) is 0.338. The summed E-state index contributed by atoms with van der Waals surface area (Å²) in [4.78, 5) is 30.9. The van der Waals surface area contributed by atoms with E-state index in [0.29, 0.717) is 21.9 Å². The van der Waals surface area contributed by atoms with Crippen LogP contribution in [-0.4, -0.2) is 42.4 Å². The summed E-state index contributed by atoms with van der Waals surface area (Å²) in [5.41, 5.74) is 6.27. The van der Waals surface area contributed by atoms with Crippen molar-refractivity contribution in [2.45, 2.75) is 54.2 Å². The van der Waals surface area contributed by atoms with Crippen LogP contribution in [0.25, 0.3) is 5.69 Å². The summed E-state index contributed by atoms with van der Waals surface area (Å²) in [5, 5.41) is 12.9. The minimum atomic E-state index is -0.301. The number of nitrogen functional groups attached to an aromatic ring is 1. The number of aromatic nitrogens is 5. The molecule has 4 rings (SSSR count). The zero-order valence-electron chi connectivity index (χ0n) is 17.5. The zero-order valence-corrected chi connectivity index (χ0v) is 19.1. The molecular formula is C21H25N7O2S2. The molecule has 1 fully saturated rings. The zero-order chi connectivity index (χ0) is 22.3. The predicted octanol–water partition coefficient (Wildman–Crippen LogP) is 2.77. The van der Waals surface area contributed by atoms with E-state index in [4.69, 9.17) is 5.73 Å². The van der Waals surface area contributed by atoms with Gasteiger partial charge in [0, 0.05) is 17.8 Å². The monoisotopic (exact) mass is 471 g/mol. The molecular weight excluding hydrogens is 446 g/mol. The number of thioether (sulfide) groups is 2. The van der Waals surface area contributed by atoms with Crippen molar-refractivity contribution < 1.29 is 4.79 Å². The topological polar surface area (TPSA) is 132 Å². The van der Waals surface area contributed by atoms with Gasteiger partial charge in [0.05, 0.1) is 11.5 Å². The van der Waals surface area contributed by atoms with Crippen LogP contribution in [0.3, 0.4) is 0 Å². The summed E-state index contributed by atoms with van der Waals surface area (Å²) >= 11 is 2.67.